The third-order valence-corrected chi connectivity index (χ3v) is 12.0. The Kier molecular flexibility index (Phi) is 5.16. The monoisotopic (exact) mass is 504 g/mol. The van der Waals surface area contributed by atoms with Gasteiger partial charge in [0.1, 0.15) is 17.3 Å². The van der Waals surface area contributed by atoms with Crippen LogP contribution >= 0.6 is 0 Å². The predicted molar refractivity (Wildman–Crippen MR) is 132 cm³/mol. The van der Waals surface area contributed by atoms with Crippen LogP contribution in [0.25, 0.3) is 0 Å². The molecule has 4 aliphatic carbocycles. The largest absolute Gasteiger partial charge is 0.459 e. The summed E-state index contributed by atoms with van der Waals surface area (Å²) in [6, 6.07) is 0. The Bertz CT molecular complexity index is 989. The molecule has 202 valence electrons. The number of aliphatic hydroxyl groups excluding tert-OH is 1. The Morgan fingerprint density at radius 3 is 2.50 bits per heavy atom. The van der Waals surface area contributed by atoms with Crippen LogP contribution in [0.4, 0.5) is 0 Å². The number of hydrogen-bond acceptors (Lipinski definition) is 7. The van der Waals surface area contributed by atoms with Gasteiger partial charge < -0.3 is 29.5 Å². The molecule has 0 aromatic heterocycles. The van der Waals surface area contributed by atoms with Gasteiger partial charge in [0.2, 0.25) is 5.79 Å². The lowest BCUT2D eigenvalue weighted by Gasteiger charge is -2.62. The van der Waals surface area contributed by atoms with Crippen molar-refractivity contribution in [1.82, 2.24) is 0 Å². The van der Waals surface area contributed by atoms with E-state index in [9.17, 15) is 20.1 Å². The van der Waals surface area contributed by atoms with Crippen LogP contribution in [0.5, 0.6) is 0 Å². The van der Waals surface area contributed by atoms with Gasteiger partial charge in [-0.15, -0.1) is 0 Å². The quantitative estimate of drug-likeness (QED) is 0.391. The van der Waals surface area contributed by atoms with E-state index in [-0.39, 0.29) is 28.8 Å². The summed E-state index contributed by atoms with van der Waals surface area (Å²) in [6.45, 7) is 11.5. The van der Waals surface area contributed by atoms with E-state index in [0.717, 1.165) is 32.1 Å². The van der Waals surface area contributed by atoms with Crippen LogP contribution < -0.4 is 0 Å². The molecule has 3 N–H and O–H groups in total. The van der Waals surface area contributed by atoms with E-state index in [1.54, 1.807) is 13.8 Å². The third kappa shape index (κ3) is 3.01. The fourth-order valence-electron chi connectivity index (χ4n) is 10.1. The first-order chi connectivity index (χ1) is 16.6. The minimum absolute atomic E-state index is 0.0217. The maximum Gasteiger partial charge on any atom is 0.303 e. The van der Waals surface area contributed by atoms with Gasteiger partial charge in [0.05, 0.1) is 17.8 Å². The highest BCUT2D eigenvalue weighted by molar-refractivity contribution is 5.66. The molecule has 12 atom stereocenters. The van der Waals surface area contributed by atoms with Gasteiger partial charge in [0.15, 0.2) is 0 Å². The lowest BCUT2D eigenvalue weighted by molar-refractivity contribution is -0.384. The van der Waals surface area contributed by atoms with Gasteiger partial charge in [-0.05, 0) is 76.0 Å². The van der Waals surface area contributed by atoms with Gasteiger partial charge >= 0.3 is 5.97 Å². The average Bonchev–Trinajstić information content (AvgIpc) is 3.17. The summed E-state index contributed by atoms with van der Waals surface area (Å²) in [5.74, 6) is -0.589. The first-order valence-corrected chi connectivity index (χ1v) is 14.0. The summed E-state index contributed by atoms with van der Waals surface area (Å²) < 4.78 is 19.3. The van der Waals surface area contributed by atoms with Crippen LogP contribution in [0.2, 0.25) is 0 Å². The molecule has 0 amide bonds. The number of carbonyl (C=O) groups is 1. The summed E-state index contributed by atoms with van der Waals surface area (Å²) in [5.41, 5.74) is -3.36. The first kappa shape index (κ1) is 25.3. The van der Waals surface area contributed by atoms with Crippen molar-refractivity contribution in [2.24, 2.45) is 34.5 Å². The standard InChI is InChI=1S/C29H44O7/c1-16(30)34-22-15-29(24(2,3)32)35-21-13-20-18-8-12-28(33)14-17(31)7-11-26(28,5)19(18)9-10-25(20,4)23(21)27(22,6)36-29/h8,12,17-23,31-33H,7,9-11,13-15H2,1-6H3/t17-,18+,19-,20-,21-,22+,23?,25-,26+,27-,28+,29-/m0/s1. The smallest absolute Gasteiger partial charge is 0.303 e. The number of rotatable bonds is 2. The fourth-order valence-corrected chi connectivity index (χ4v) is 10.1. The van der Waals surface area contributed by atoms with Crippen molar-refractivity contribution in [2.45, 2.75) is 127 Å². The summed E-state index contributed by atoms with van der Waals surface area (Å²) in [4.78, 5) is 12.1. The van der Waals surface area contributed by atoms with Crippen molar-refractivity contribution in [2.75, 3.05) is 0 Å². The highest BCUT2D eigenvalue weighted by Gasteiger charge is 2.76. The minimum Gasteiger partial charge on any atom is -0.459 e. The van der Waals surface area contributed by atoms with Gasteiger partial charge in [-0.1, -0.05) is 26.0 Å². The number of allylic oxidation sites excluding steroid dienone is 1. The topological polar surface area (TPSA) is 105 Å². The van der Waals surface area contributed by atoms with Gasteiger partial charge in [-0.3, -0.25) is 4.79 Å². The summed E-state index contributed by atoms with van der Waals surface area (Å²) in [5, 5.41) is 33.2. The van der Waals surface area contributed by atoms with Crippen LogP contribution in [0.3, 0.4) is 0 Å². The van der Waals surface area contributed by atoms with E-state index in [1.165, 1.54) is 6.92 Å². The van der Waals surface area contributed by atoms with Crippen LogP contribution in [-0.4, -0.2) is 62.2 Å². The number of fused-ring (bicyclic) bond motifs is 10. The number of ether oxygens (including phenoxy) is 3. The van der Waals surface area contributed by atoms with Crippen molar-refractivity contribution in [3.8, 4) is 0 Å². The van der Waals surface area contributed by atoms with Crippen molar-refractivity contribution >= 4 is 5.97 Å². The van der Waals surface area contributed by atoms with E-state index < -0.39 is 34.8 Å². The third-order valence-electron chi connectivity index (χ3n) is 12.0. The Morgan fingerprint density at radius 2 is 1.83 bits per heavy atom. The molecule has 2 bridgehead atoms. The number of aliphatic hydroxyl groups is 3. The summed E-state index contributed by atoms with van der Waals surface area (Å²) in [6.07, 6.45) is 8.28. The van der Waals surface area contributed by atoms with E-state index in [2.05, 4.69) is 26.8 Å². The second-order valence-corrected chi connectivity index (χ2v) is 14.2. The zero-order chi connectivity index (χ0) is 26.1. The molecule has 5 fully saturated rings. The van der Waals surface area contributed by atoms with Crippen LogP contribution in [-0.2, 0) is 19.0 Å². The molecule has 0 radical (unpaired) electrons. The molecule has 2 aliphatic heterocycles. The molecule has 7 nitrogen and oxygen atoms in total. The average molecular weight is 505 g/mol. The minimum atomic E-state index is -1.26. The second kappa shape index (κ2) is 7.35. The molecule has 6 rings (SSSR count). The van der Waals surface area contributed by atoms with Crippen LogP contribution in [0.1, 0.15) is 86.5 Å². The summed E-state index contributed by atoms with van der Waals surface area (Å²) in [7, 11) is 0. The molecule has 36 heavy (non-hydrogen) atoms. The molecule has 1 unspecified atom stereocenters. The number of esters is 1. The zero-order valence-corrected chi connectivity index (χ0v) is 22.6. The van der Waals surface area contributed by atoms with E-state index in [4.69, 9.17) is 14.2 Å². The molecule has 3 saturated carbocycles. The SMILES string of the molecule is CC(=O)O[C@@H]1C[C@]2(C(C)(C)O)O[C@H]3C[C@H]4[C@@H]5C=C[C@@]6(O)C[C@@H](O)CC[C@]6(C)[C@H]5CC[C@]4(C)C3[C@@]1(C)O2. The molecule has 0 spiro atoms. The van der Waals surface area contributed by atoms with Crippen molar-refractivity contribution in [3.05, 3.63) is 12.2 Å². The van der Waals surface area contributed by atoms with Crippen molar-refractivity contribution in [1.29, 1.82) is 0 Å². The van der Waals surface area contributed by atoms with Gasteiger partial charge in [-0.25, -0.2) is 0 Å². The van der Waals surface area contributed by atoms with Crippen molar-refractivity contribution < 1.29 is 34.3 Å². The lowest BCUT2D eigenvalue weighted by Crippen LogP contribution is -2.64. The molecule has 7 heteroatoms. The number of carbonyl (C=O) groups excluding carboxylic acids is 1. The van der Waals surface area contributed by atoms with Crippen LogP contribution in [0.15, 0.2) is 12.2 Å². The van der Waals surface area contributed by atoms with E-state index >= 15 is 0 Å². The normalized spacial score (nSPS) is 57.4. The Balaban J connectivity index is 1.40. The lowest BCUT2D eigenvalue weighted by atomic mass is 9.45. The predicted octanol–water partition coefficient (Wildman–Crippen LogP) is 3.48. The fraction of sp³-hybridized carbons (Fsp3) is 0.897. The molecular weight excluding hydrogens is 460 g/mol. The second-order valence-electron chi connectivity index (χ2n) is 14.2. The summed E-state index contributed by atoms with van der Waals surface area (Å²) >= 11 is 0. The highest BCUT2D eigenvalue weighted by Crippen LogP contribution is 2.72. The molecule has 0 aromatic carbocycles. The Labute approximate surface area is 214 Å². The first-order valence-electron chi connectivity index (χ1n) is 14.0. The van der Waals surface area contributed by atoms with Gasteiger partial charge in [0.25, 0.3) is 0 Å². The number of hydrogen-bond donors (Lipinski definition) is 3. The molecule has 2 saturated heterocycles. The van der Waals surface area contributed by atoms with Gasteiger partial charge in [0, 0.05) is 31.1 Å². The Hall–Kier alpha value is -0.990. The van der Waals surface area contributed by atoms with E-state index in [0.29, 0.717) is 30.6 Å². The van der Waals surface area contributed by atoms with Crippen LogP contribution in [0, 0.1) is 34.5 Å². The Morgan fingerprint density at radius 1 is 1.11 bits per heavy atom. The van der Waals surface area contributed by atoms with E-state index in [1.807, 2.05) is 6.08 Å². The maximum absolute atomic E-state index is 12.1. The zero-order valence-electron chi connectivity index (χ0n) is 22.6. The molecule has 2 heterocycles. The molecule has 0 aromatic rings. The molecular formula is C29H44O7. The maximum atomic E-state index is 12.1. The van der Waals surface area contributed by atoms with Crippen molar-refractivity contribution in [3.63, 3.8) is 0 Å². The molecule has 6 aliphatic rings. The highest BCUT2D eigenvalue weighted by atomic mass is 16.8. The van der Waals surface area contributed by atoms with Gasteiger partial charge in [-0.2, -0.15) is 0 Å².